The molecule has 7 heteroatoms. The Labute approximate surface area is 204 Å². The van der Waals surface area contributed by atoms with Crippen molar-refractivity contribution >= 4 is 23.3 Å². The smallest absolute Gasteiger partial charge is 0.415 e. The molecule has 0 saturated carbocycles. The van der Waals surface area contributed by atoms with Crippen molar-refractivity contribution in [2.45, 2.75) is 26.5 Å². The van der Waals surface area contributed by atoms with Gasteiger partial charge in [0.1, 0.15) is 13.2 Å². The maximum absolute atomic E-state index is 13.2. The molecule has 4 aromatic rings. The minimum Gasteiger partial charge on any atom is -0.468 e. The lowest BCUT2D eigenvalue weighted by Crippen LogP contribution is -2.37. The number of pyridine rings is 1. The van der Waals surface area contributed by atoms with E-state index in [2.05, 4.69) is 16.5 Å². The van der Waals surface area contributed by atoms with Crippen molar-refractivity contribution < 1.29 is 19.1 Å². The molecular weight excluding hydrogens is 442 g/mol. The van der Waals surface area contributed by atoms with E-state index in [1.165, 1.54) is 12.0 Å². The predicted molar refractivity (Wildman–Crippen MR) is 135 cm³/mol. The van der Waals surface area contributed by atoms with Gasteiger partial charge in [-0.3, -0.25) is 9.69 Å². The highest BCUT2D eigenvalue weighted by Gasteiger charge is 2.26. The maximum Gasteiger partial charge on any atom is 0.415 e. The Morgan fingerprint density at radius 2 is 1.60 bits per heavy atom. The molecule has 0 fully saturated rings. The Hall–Kier alpha value is -4.10. The quantitative estimate of drug-likeness (QED) is 0.379. The van der Waals surface area contributed by atoms with Crippen LogP contribution >= 0.6 is 0 Å². The molecule has 2 N–H and O–H groups in total. The number of benzene rings is 2. The molecule has 4 rings (SSSR count). The average Bonchev–Trinajstić information content (AvgIpc) is 3.17. The van der Waals surface area contributed by atoms with E-state index < -0.39 is 12.1 Å². The molecule has 2 aromatic carbocycles. The first-order chi connectivity index (χ1) is 17.0. The summed E-state index contributed by atoms with van der Waals surface area (Å²) in [7, 11) is 1.29. The molecule has 1 amide bonds. The summed E-state index contributed by atoms with van der Waals surface area (Å²) in [4.78, 5) is 26.8. The van der Waals surface area contributed by atoms with Gasteiger partial charge in [0.15, 0.2) is 0 Å². The van der Waals surface area contributed by atoms with Crippen LogP contribution in [0, 0.1) is 6.92 Å². The molecule has 2 aromatic heterocycles. The third kappa shape index (κ3) is 5.20. The summed E-state index contributed by atoms with van der Waals surface area (Å²) < 4.78 is 12.5. The van der Waals surface area contributed by atoms with Crippen LogP contribution in [0.4, 0.5) is 10.5 Å². The van der Waals surface area contributed by atoms with Crippen LogP contribution in [0.3, 0.4) is 0 Å². The van der Waals surface area contributed by atoms with Crippen LogP contribution in [0.25, 0.3) is 5.52 Å². The second-order valence-corrected chi connectivity index (χ2v) is 8.23. The van der Waals surface area contributed by atoms with Gasteiger partial charge in [0.05, 0.1) is 18.3 Å². The molecule has 0 bridgehead atoms. The molecule has 0 unspecified atom stereocenters. The highest BCUT2D eigenvalue weighted by Crippen LogP contribution is 2.33. The summed E-state index contributed by atoms with van der Waals surface area (Å²) in [6, 6.07) is 23.2. The van der Waals surface area contributed by atoms with E-state index >= 15 is 0 Å². The highest BCUT2D eigenvalue weighted by molar-refractivity contribution is 5.98. The van der Waals surface area contributed by atoms with E-state index in [0.717, 1.165) is 33.5 Å². The second kappa shape index (κ2) is 10.9. The summed E-state index contributed by atoms with van der Waals surface area (Å²) in [5, 5.41) is 0. The van der Waals surface area contributed by atoms with Crippen molar-refractivity contribution in [3.05, 3.63) is 107 Å². The molecule has 0 spiro atoms. The van der Waals surface area contributed by atoms with E-state index in [1.54, 1.807) is 6.07 Å². The lowest BCUT2D eigenvalue weighted by atomic mass is 10.0. The number of fused-ring (bicyclic) bond motifs is 1. The number of carbonyl (C=O) groups is 2. The van der Waals surface area contributed by atoms with Crippen LogP contribution in [0.15, 0.2) is 79.0 Å². The topological polar surface area (TPSA) is 86.3 Å². The molecule has 180 valence electrons. The van der Waals surface area contributed by atoms with Gasteiger partial charge >= 0.3 is 12.1 Å². The summed E-state index contributed by atoms with van der Waals surface area (Å²) in [6.45, 7) is 2.12. The van der Waals surface area contributed by atoms with Gasteiger partial charge in [-0.2, -0.15) is 0 Å². The number of methoxy groups -OCH3 is 1. The summed E-state index contributed by atoms with van der Waals surface area (Å²) in [5.41, 5.74) is 12.6. The number of hydrogen-bond donors (Lipinski definition) is 1. The third-order valence-electron chi connectivity index (χ3n) is 6.08. The summed E-state index contributed by atoms with van der Waals surface area (Å²) >= 11 is 0. The van der Waals surface area contributed by atoms with Crippen LogP contribution in [0.1, 0.15) is 27.9 Å². The SMILES string of the molecule is COC(=O)CN(C(=O)OCc1ccccc1)c1cccn2c(Cc3ccccc3)c(C)c(CN)c12. The van der Waals surface area contributed by atoms with Crippen LogP contribution in [-0.2, 0) is 33.8 Å². The Morgan fingerprint density at radius 3 is 2.23 bits per heavy atom. The largest absolute Gasteiger partial charge is 0.468 e. The number of carbonyl (C=O) groups excluding carboxylic acids is 2. The molecule has 0 aliphatic carbocycles. The standard InChI is InChI=1S/C28H29N3O4/c1-20-23(17-29)27-24(14-9-15-30(27)25(20)16-21-10-5-3-6-11-21)31(18-26(32)34-2)28(33)35-19-22-12-7-4-8-13-22/h3-15H,16-19,29H2,1-2H3. The zero-order valence-corrected chi connectivity index (χ0v) is 19.9. The van der Waals surface area contributed by atoms with Crippen LogP contribution < -0.4 is 10.6 Å². The minimum atomic E-state index is -0.640. The normalized spacial score (nSPS) is 10.8. The van der Waals surface area contributed by atoms with Gasteiger partial charge in [0.25, 0.3) is 0 Å². The molecule has 2 heterocycles. The Bertz CT molecular complexity index is 1320. The Balaban J connectivity index is 1.76. The molecule has 0 saturated heterocycles. The maximum atomic E-state index is 13.2. The van der Waals surface area contributed by atoms with Crippen molar-refractivity contribution in [3.8, 4) is 0 Å². The van der Waals surface area contributed by atoms with Gasteiger partial charge in [-0.15, -0.1) is 0 Å². The lowest BCUT2D eigenvalue weighted by Gasteiger charge is -2.23. The fraction of sp³-hybridized carbons (Fsp3) is 0.214. The van der Waals surface area contributed by atoms with E-state index in [9.17, 15) is 9.59 Å². The van der Waals surface area contributed by atoms with Crippen LogP contribution in [0.5, 0.6) is 0 Å². The molecule has 7 nitrogen and oxygen atoms in total. The third-order valence-corrected chi connectivity index (χ3v) is 6.08. The van der Waals surface area contributed by atoms with Crippen molar-refractivity contribution in [3.63, 3.8) is 0 Å². The van der Waals surface area contributed by atoms with Crippen molar-refractivity contribution in [1.82, 2.24) is 4.40 Å². The second-order valence-electron chi connectivity index (χ2n) is 8.23. The zero-order valence-electron chi connectivity index (χ0n) is 19.9. The number of hydrogen-bond acceptors (Lipinski definition) is 5. The Morgan fingerprint density at radius 1 is 0.943 bits per heavy atom. The van der Waals surface area contributed by atoms with E-state index in [0.29, 0.717) is 12.1 Å². The van der Waals surface area contributed by atoms with E-state index in [1.807, 2.05) is 67.7 Å². The van der Waals surface area contributed by atoms with E-state index in [4.69, 9.17) is 15.2 Å². The van der Waals surface area contributed by atoms with Crippen molar-refractivity contribution in [2.75, 3.05) is 18.6 Å². The van der Waals surface area contributed by atoms with Gasteiger partial charge < -0.3 is 19.6 Å². The summed E-state index contributed by atoms with van der Waals surface area (Å²) in [5.74, 6) is -0.550. The van der Waals surface area contributed by atoms with Crippen molar-refractivity contribution in [1.29, 1.82) is 0 Å². The van der Waals surface area contributed by atoms with Gasteiger partial charge in [-0.25, -0.2) is 4.79 Å². The number of ether oxygens (including phenoxy) is 2. The fourth-order valence-corrected chi connectivity index (χ4v) is 4.27. The molecule has 0 atom stereocenters. The number of anilines is 1. The fourth-order valence-electron chi connectivity index (χ4n) is 4.27. The Kier molecular flexibility index (Phi) is 7.48. The van der Waals surface area contributed by atoms with Crippen molar-refractivity contribution in [2.24, 2.45) is 5.73 Å². The molecule has 35 heavy (non-hydrogen) atoms. The van der Waals surface area contributed by atoms with Gasteiger partial charge in [0.2, 0.25) is 0 Å². The molecule has 0 aliphatic heterocycles. The minimum absolute atomic E-state index is 0.0868. The first-order valence-corrected chi connectivity index (χ1v) is 11.4. The lowest BCUT2D eigenvalue weighted by molar-refractivity contribution is -0.138. The van der Waals surface area contributed by atoms with Gasteiger partial charge in [-0.05, 0) is 41.3 Å². The first-order valence-electron chi connectivity index (χ1n) is 11.4. The van der Waals surface area contributed by atoms with Crippen LogP contribution in [0.2, 0.25) is 0 Å². The number of rotatable bonds is 8. The highest BCUT2D eigenvalue weighted by atomic mass is 16.6. The summed E-state index contributed by atoms with van der Waals surface area (Å²) in [6.07, 6.45) is 2.01. The monoisotopic (exact) mass is 471 g/mol. The average molecular weight is 472 g/mol. The van der Waals surface area contributed by atoms with Gasteiger partial charge in [0, 0.05) is 24.9 Å². The number of nitrogens with zero attached hydrogens (tertiary/aromatic N) is 2. The zero-order chi connectivity index (χ0) is 24.8. The van der Waals surface area contributed by atoms with E-state index in [-0.39, 0.29) is 19.7 Å². The number of esters is 1. The first kappa shape index (κ1) is 24.0. The van der Waals surface area contributed by atoms with Crippen LogP contribution in [-0.4, -0.2) is 30.1 Å². The number of aromatic nitrogens is 1. The molecule has 0 radical (unpaired) electrons. The number of nitrogens with two attached hydrogens (primary N) is 1. The molecule has 0 aliphatic rings. The van der Waals surface area contributed by atoms with Gasteiger partial charge in [-0.1, -0.05) is 60.7 Å². The molecular formula is C28H29N3O4. The number of amides is 1. The predicted octanol–water partition coefficient (Wildman–Crippen LogP) is 4.61.